The lowest BCUT2D eigenvalue weighted by Crippen LogP contribution is -2.38. The van der Waals surface area contributed by atoms with Gasteiger partial charge >= 0.3 is 0 Å². The second-order valence-corrected chi connectivity index (χ2v) is 9.27. The van der Waals surface area contributed by atoms with Crippen molar-refractivity contribution in [2.24, 2.45) is 5.92 Å². The van der Waals surface area contributed by atoms with E-state index in [1.807, 2.05) is 18.3 Å². The van der Waals surface area contributed by atoms with Crippen LogP contribution in [0.3, 0.4) is 0 Å². The Hall–Kier alpha value is -2.30. The Kier molecular flexibility index (Phi) is 6.02. The van der Waals surface area contributed by atoms with Gasteiger partial charge in [-0.15, -0.1) is 0 Å². The number of anilines is 1. The summed E-state index contributed by atoms with van der Waals surface area (Å²) in [6.45, 7) is 3.15. The fraction of sp³-hybridized carbons (Fsp3) is 0.423. The maximum atomic E-state index is 6.38. The third kappa shape index (κ3) is 4.37. The highest BCUT2D eigenvalue weighted by Crippen LogP contribution is 2.37. The van der Waals surface area contributed by atoms with E-state index in [0.717, 1.165) is 43.1 Å². The fourth-order valence-electron chi connectivity index (χ4n) is 5.20. The molecular formula is C26H30ClN3O. The quantitative estimate of drug-likeness (QED) is 0.511. The Bertz CT molecular complexity index is 1040. The molecule has 0 atom stereocenters. The number of hydrogen-bond donors (Lipinski definition) is 1. The zero-order chi connectivity index (χ0) is 21.2. The van der Waals surface area contributed by atoms with Gasteiger partial charge in [-0.1, -0.05) is 35.9 Å². The van der Waals surface area contributed by atoms with E-state index in [1.54, 1.807) is 7.11 Å². The highest BCUT2D eigenvalue weighted by atomic mass is 35.5. The summed E-state index contributed by atoms with van der Waals surface area (Å²) in [5.41, 5.74) is 3.98. The van der Waals surface area contributed by atoms with Crippen molar-refractivity contribution < 1.29 is 4.74 Å². The summed E-state index contributed by atoms with van der Waals surface area (Å²) < 4.78 is 5.25. The highest BCUT2D eigenvalue weighted by Gasteiger charge is 2.26. The van der Waals surface area contributed by atoms with Gasteiger partial charge in [-0.2, -0.15) is 0 Å². The Labute approximate surface area is 189 Å². The minimum atomic E-state index is 0.617. The summed E-state index contributed by atoms with van der Waals surface area (Å²) in [7, 11) is 1.71. The van der Waals surface area contributed by atoms with Gasteiger partial charge in [-0.3, -0.25) is 0 Å². The topological polar surface area (TPSA) is 37.4 Å². The van der Waals surface area contributed by atoms with Gasteiger partial charge in [0.2, 0.25) is 0 Å². The van der Waals surface area contributed by atoms with Crippen molar-refractivity contribution in [1.82, 2.24) is 10.3 Å². The van der Waals surface area contributed by atoms with Crippen LogP contribution < -0.4 is 15.0 Å². The van der Waals surface area contributed by atoms with Crippen LogP contribution in [0.15, 0.2) is 48.7 Å². The van der Waals surface area contributed by atoms with Crippen LogP contribution in [-0.4, -0.2) is 31.2 Å². The highest BCUT2D eigenvalue weighted by molar-refractivity contribution is 6.34. The Morgan fingerprint density at radius 2 is 1.90 bits per heavy atom. The van der Waals surface area contributed by atoms with Gasteiger partial charge in [0.1, 0.15) is 10.9 Å². The van der Waals surface area contributed by atoms with Gasteiger partial charge in [0.15, 0.2) is 0 Å². The summed E-state index contributed by atoms with van der Waals surface area (Å²) in [6.07, 6.45) is 8.10. The first-order chi connectivity index (χ1) is 15.2. The minimum Gasteiger partial charge on any atom is -0.497 e. The van der Waals surface area contributed by atoms with Crippen molar-refractivity contribution in [3.63, 3.8) is 0 Å². The predicted molar refractivity (Wildman–Crippen MR) is 128 cm³/mol. The lowest BCUT2D eigenvalue weighted by Gasteiger charge is -2.37. The van der Waals surface area contributed by atoms with Crippen LogP contribution in [-0.2, 0) is 13.0 Å². The number of nitrogens with one attached hydrogen (secondary N) is 1. The molecule has 0 bridgehead atoms. The molecule has 2 aromatic carbocycles. The van der Waals surface area contributed by atoms with Gasteiger partial charge in [0.05, 0.1) is 7.11 Å². The van der Waals surface area contributed by atoms with E-state index in [1.165, 1.54) is 47.9 Å². The molecule has 0 unspecified atom stereocenters. The van der Waals surface area contributed by atoms with E-state index < -0.39 is 0 Å². The third-order valence-electron chi connectivity index (χ3n) is 6.99. The summed E-state index contributed by atoms with van der Waals surface area (Å²) >= 11 is 6.38. The number of halogens is 1. The summed E-state index contributed by atoms with van der Waals surface area (Å²) in [6, 6.07) is 15.5. The first kappa shape index (κ1) is 20.6. The van der Waals surface area contributed by atoms with E-state index in [0.29, 0.717) is 11.2 Å². The third-order valence-corrected chi connectivity index (χ3v) is 7.29. The van der Waals surface area contributed by atoms with Crippen LogP contribution in [0.25, 0.3) is 10.8 Å². The molecule has 0 saturated heterocycles. The van der Waals surface area contributed by atoms with Crippen LogP contribution in [0.1, 0.15) is 36.8 Å². The largest absolute Gasteiger partial charge is 0.497 e. The number of pyridine rings is 1. The number of aromatic nitrogens is 1. The van der Waals surface area contributed by atoms with Crippen LogP contribution in [0.4, 0.5) is 5.69 Å². The van der Waals surface area contributed by atoms with Gasteiger partial charge < -0.3 is 15.0 Å². The minimum absolute atomic E-state index is 0.617. The normalized spacial score (nSPS) is 20.8. The number of rotatable bonds is 6. The molecule has 1 fully saturated rings. The molecule has 0 spiro atoms. The lowest BCUT2D eigenvalue weighted by molar-refractivity contribution is 0.292. The summed E-state index contributed by atoms with van der Waals surface area (Å²) in [5.74, 6) is 1.67. The average molecular weight is 436 g/mol. The smallest absolute Gasteiger partial charge is 0.136 e. The molecular weight excluding hydrogens is 406 g/mol. The number of hydrogen-bond acceptors (Lipinski definition) is 4. The zero-order valence-corrected chi connectivity index (χ0v) is 18.9. The molecule has 1 saturated carbocycles. The Balaban J connectivity index is 1.17. The molecule has 3 aromatic rings. The lowest BCUT2D eigenvalue weighted by atomic mass is 9.85. The van der Waals surface area contributed by atoms with E-state index in [-0.39, 0.29) is 0 Å². The first-order valence-corrected chi connectivity index (χ1v) is 11.8. The molecule has 5 heteroatoms. The second kappa shape index (κ2) is 9.05. The van der Waals surface area contributed by atoms with Crippen molar-refractivity contribution in [2.45, 2.75) is 44.7 Å². The molecule has 0 radical (unpaired) electrons. The predicted octanol–water partition coefficient (Wildman–Crippen LogP) is 5.61. The monoisotopic (exact) mass is 435 g/mol. The van der Waals surface area contributed by atoms with Gasteiger partial charge in [-0.25, -0.2) is 4.98 Å². The van der Waals surface area contributed by atoms with E-state index >= 15 is 0 Å². The van der Waals surface area contributed by atoms with Crippen LogP contribution in [0.2, 0.25) is 5.15 Å². The van der Waals surface area contributed by atoms with Crippen LogP contribution in [0, 0.1) is 5.92 Å². The fourth-order valence-corrected chi connectivity index (χ4v) is 5.41. The number of ether oxygens (including phenoxy) is 1. The number of benzene rings is 2. The second-order valence-electron chi connectivity index (χ2n) is 8.92. The van der Waals surface area contributed by atoms with Gasteiger partial charge in [-0.05, 0) is 67.3 Å². The van der Waals surface area contributed by atoms with Crippen molar-refractivity contribution in [3.05, 3.63) is 64.9 Å². The summed E-state index contributed by atoms with van der Waals surface area (Å²) in [4.78, 5) is 6.97. The molecule has 2 heterocycles. The van der Waals surface area contributed by atoms with E-state index in [2.05, 4.69) is 45.5 Å². The molecule has 5 rings (SSSR count). The molecule has 0 amide bonds. The molecule has 1 N–H and O–H groups in total. The molecule has 2 aliphatic rings. The number of nitrogens with zero attached hydrogens (tertiary/aromatic N) is 2. The van der Waals surface area contributed by atoms with Crippen LogP contribution >= 0.6 is 11.6 Å². The Morgan fingerprint density at radius 1 is 1.10 bits per heavy atom. The van der Waals surface area contributed by atoms with E-state index in [9.17, 15) is 0 Å². The number of methoxy groups -OCH3 is 1. The van der Waals surface area contributed by atoms with E-state index in [4.69, 9.17) is 16.3 Å². The first-order valence-electron chi connectivity index (χ1n) is 11.4. The van der Waals surface area contributed by atoms with Crippen molar-refractivity contribution >= 4 is 28.1 Å². The molecule has 1 aromatic heterocycles. The molecule has 162 valence electrons. The molecule has 31 heavy (non-hydrogen) atoms. The molecule has 1 aliphatic carbocycles. The maximum Gasteiger partial charge on any atom is 0.136 e. The van der Waals surface area contributed by atoms with Gasteiger partial charge in [0.25, 0.3) is 0 Å². The van der Waals surface area contributed by atoms with Crippen molar-refractivity contribution in [3.8, 4) is 5.75 Å². The van der Waals surface area contributed by atoms with Crippen molar-refractivity contribution in [1.29, 1.82) is 0 Å². The SMILES string of the molecule is COc1ccc(CNC2CCC(CN3CCc4cnc(Cl)c5cccc3c45)CC2)cc1. The zero-order valence-electron chi connectivity index (χ0n) is 18.1. The standard InChI is InChI=1S/C26H30ClN3O/c1-31-22-11-7-18(8-12-22)15-28-21-9-5-19(6-10-21)17-30-14-13-20-16-29-26(27)23-3-2-4-24(30)25(20)23/h2-4,7-8,11-12,16,19,21,28H,5-6,9-10,13-15,17H2,1H3. The van der Waals surface area contributed by atoms with Crippen molar-refractivity contribution in [2.75, 3.05) is 25.1 Å². The Morgan fingerprint density at radius 3 is 2.68 bits per heavy atom. The molecule has 4 nitrogen and oxygen atoms in total. The van der Waals surface area contributed by atoms with Crippen LogP contribution in [0.5, 0.6) is 5.75 Å². The van der Waals surface area contributed by atoms with Gasteiger partial charge in [0, 0.05) is 48.3 Å². The summed E-state index contributed by atoms with van der Waals surface area (Å²) in [5, 5.41) is 6.77. The maximum absolute atomic E-state index is 6.38. The molecule has 1 aliphatic heterocycles. The average Bonchev–Trinajstić information content (AvgIpc) is 2.82.